The van der Waals surface area contributed by atoms with Gasteiger partial charge in [-0.3, -0.25) is 0 Å². The van der Waals surface area contributed by atoms with E-state index < -0.39 is 11.2 Å². The molecule has 1 unspecified atom stereocenters. The fourth-order valence-electron chi connectivity index (χ4n) is 1.61. The lowest BCUT2D eigenvalue weighted by atomic mass is 10.2. The Morgan fingerprint density at radius 1 is 1.00 bits per heavy atom. The number of hydrogen-bond acceptors (Lipinski definition) is 5. The first-order chi connectivity index (χ1) is 8.86. The smallest absolute Gasteiger partial charge is 0.350 e. The summed E-state index contributed by atoms with van der Waals surface area (Å²) in [4.78, 5) is 7.97. The maximum atomic E-state index is 12.3. The lowest BCUT2D eigenvalue weighted by molar-refractivity contribution is 0.581. The van der Waals surface area contributed by atoms with Crippen molar-refractivity contribution in [2.45, 2.75) is 10.2 Å². The molecule has 0 aliphatic heterocycles. The van der Waals surface area contributed by atoms with Gasteiger partial charge in [0.15, 0.2) is 0 Å². The van der Waals surface area contributed by atoms with Crippen molar-refractivity contribution >= 4 is 21.9 Å². The summed E-state index contributed by atoms with van der Waals surface area (Å²) in [5, 5.41) is 10.1. The first-order valence-electron chi connectivity index (χ1n) is 5.25. The molecule has 88 valence electrons. The number of rotatable bonds is 2. The number of fused-ring (bicyclic) bond motifs is 1. The molecule has 0 aliphatic carbocycles. The Morgan fingerprint density at radius 3 is 2.61 bits per heavy atom. The average Bonchev–Trinajstić information content (AvgIpc) is 2.47. The monoisotopic (exact) mass is 256 g/mol. The summed E-state index contributed by atoms with van der Waals surface area (Å²) in [6.45, 7) is 0. The van der Waals surface area contributed by atoms with Crippen molar-refractivity contribution in [3.05, 3.63) is 48.9 Å². The van der Waals surface area contributed by atoms with Crippen molar-refractivity contribution < 1.29 is 4.55 Å². The van der Waals surface area contributed by atoms with Gasteiger partial charge in [-0.25, -0.2) is 0 Å². The van der Waals surface area contributed by atoms with Crippen LogP contribution in [0.4, 0.5) is 0 Å². The Labute approximate surface area is 106 Å². The maximum Gasteiger partial charge on any atom is 0.350 e. The van der Waals surface area contributed by atoms with E-state index in [-0.39, 0.29) is 5.16 Å². The van der Waals surface area contributed by atoms with Crippen LogP contribution in [0.1, 0.15) is 0 Å². The van der Waals surface area contributed by atoms with Gasteiger partial charge in [0.25, 0.3) is 5.03 Å². The van der Waals surface area contributed by atoms with E-state index in [1.807, 2.05) is 24.3 Å². The Hall–Kier alpha value is -2.05. The van der Waals surface area contributed by atoms with Gasteiger partial charge in [-0.05, 0) is 12.1 Å². The average molecular weight is 256 g/mol. The van der Waals surface area contributed by atoms with Gasteiger partial charge in [0.1, 0.15) is 0 Å². The van der Waals surface area contributed by atoms with Crippen LogP contribution < -0.4 is 0 Å². The van der Waals surface area contributed by atoms with Crippen LogP contribution in [0.15, 0.2) is 59.1 Å². The molecule has 6 heteroatoms. The van der Waals surface area contributed by atoms with E-state index in [1.54, 1.807) is 24.7 Å². The Morgan fingerprint density at radius 2 is 1.78 bits per heavy atom. The van der Waals surface area contributed by atoms with E-state index >= 15 is 0 Å². The normalized spacial score (nSPS) is 12.5. The summed E-state index contributed by atoms with van der Waals surface area (Å²) in [5.74, 6) is 0. The molecule has 0 amide bonds. The summed E-state index contributed by atoms with van der Waals surface area (Å²) in [6.07, 6.45) is 4.75. The van der Waals surface area contributed by atoms with Gasteiger partial charge < -0.3 is 4.55 Å². The SMILES string of the molecule is [O-][S+](c1ncccn1)c1nncc2ccccc12. The molecule has 1 atom stereocenters. The Kier molecular flexibility index (Phi) is 2.87. The van der Waals surface area contributed by atoms with Crippen LogP contribution in [0.2, 0.25) is 0 Å². The molecule has 0 N–H and O–H groups in total. The lowest BCUT2D eigenvalue weighted by Crippen LogP contribution is -2.09. The molecule has 0 saturated heterocycles. The molecule has 18 heavy (non-hydrogen) atoms. The third-order valence-electron chi connectivity index (χ3n) is 2.42. The maximum absolute atomic E-state index is 12.3. The highest BCUT2D eigenvalue weighted by molar-refractivity contribution is 7.91. The van der Waals surface area contributed by atoms with Crippen molar-refractivity contribution in [1.29, 1.82) is 0 Å². The van der Waals surface area contributed by atoms with Gasteiger partial charge in [0.05, 0.1) is 22.8 Å². The van der Waals surface area contributed by atoms with Crippen LogP contribution in [0, 0.1) is 0 Å². The van der Waals surface area contributed by atoms with E-state index in [0.29, 0.717) is 5.03 Å². The Balaban J connectivity index is 2.15. The molecule has 0 aliphatic rings. The van der Waals surface area contributed by atoms with Crippen LogP contribution in [-0.2, 0) is 11.2 Å². The van der Waals surface area contributed by atoms with Crippen LogP contribution in [-0.4, -0.2) is 24.7 Å². The summed E-state index contributed by atoms with van der Waals surface area (Å²) in [5.41, 5.74) is 0. The van der Waals surface area contributed by atoms with Gasteiger partial charge in [0, 0.05) is 17.8 Å². The van der Waals surface area contributed by atoms with Crippen LogP contribution in [0.5, 0.6) is 0 Å². The lowest BCUT2D eigenvalue weighted by Gasteiger charge is -2.07. The topological polar surface area (TPSA) is 74.6 Å². The summed E-state index contributed by atoms with van der Waals surface area (Å²) < 4.78 is 12.3. The van der Waals surface area contributed by atoms with Gasteiger partial charge in [-0.2, -0.15) is 15.1 Å². The number of nitrogens with zero attached hydrogens (tertiary/aromatic N) is 4. The fraction of sp³-hybridized carbons (Fsp3) is 0. The predicted molar refractivity (Wildman–Crippen MR) is 66.2 cm³/mol. The number of hydrogen-bond donors (Lipinski definition) is 0. The molecule has 0 saturated carbocycles. The molecule has 1 aromatic carbocycles. The minimum atomic E-state index is -1.52. The molecule has 0 bridgehead atoms. The summed E-state index contributed by atoms with van der Waals surface area (Å²) in [6, 6.07) is 9.21. The molecule has 5 nitrogen and oxygen atoms in total. The summed E-state index contributed by atoms with van der Waals surface area (Å²) >= 11 is -1.52. The van der Waals surface area contributed by atoms with E-state index in [9.17, 15) is 4.55 Å². The minimum absolute atomic E-state index is 0.239. The molecule has 0 spiro atoms. The predicted octanol–water partition coefficient (Wildman–Crippen LogP) is 1.59. The first kappa shape index (κ1) is 11.1. The molecule has 2 aromatic heterocycles. The van der Waals surface area contributed by atoms with E-state index in [2.05, 4.69) is 20.2 Å². The Bertz CT molecular complexity index is 672. The van der Waals surface area contributed by atoms with Crippen molar-refractivity contribution in [2.24, 2.45) is 0 Å². The summed E-state index contributed by atoms with van der Waals surface area (Å²) in [7, 11) is 0. The van der Waals surface area contributed by atoms with Crippen LogP contribution >= 0.6 is 0 Å². The third-order valence-corrected chi connectivity index (χ3v) is 3.62. The highest BCUT2D eigenvalue weighted by Gasteiger charge is 2.22. The van der Waals surface area contributed by atoms with Crippen molar-refractivity contribution in [3.63, 3.8) is 0 Å². The zero-order valence-electron chi connectivity index (χ0n) is 9.22. The zero-order valence-corrected chi connectivity index (χ0v) is 10.0. The van der Waals surface area contributed by atoms with Crippen molar-refractivity contribution in [2.75, 3.05) is 0 Å². The minimum Gasteiger partial charge on any atom is -0.603 e. The molecule has 0 radical (unpaired) electrons. The van der Waals surface area contributed by atoms with E-state index in [0.717, 1.165) is 10.8 Å². The quantitative estimate of drug-likeness (QED) is 0.514. The molecule has 2 heterocycles. The van der Waals surface area contributed by atoms with E-state index in [1.165, 1.54) is 0 Å². The third kappa shape index (κ3) is 1.92. The van der Waals surface area contributed by atoms with Crippen LogP contribution in [0.3, 0.4) is 0 Å². The second kappa shape index (κ2) is 4.67. The second-order valence-corrected chi connectivity index (χ2v) is 4.83. The van der Waals surface area contributed by atoms with Gasteiger partial charge in [0.2, 0.25) is 0 Å². The second-order valence-electron chi connectivity index (χ2n) is 3.54. The molecule has 3 rings (SSSR count). The largest absolute Gasteiger partial charge is 0.603 e. The number of benzene rings is 1. The molecular weight excluding hydrogens is 248 g/mol. The van der Waals surface area contributed by atoms with Gasteiger partial charge >= 0.3 is 5.16 Å². The molecular formula is C12H8N4OS. The first-order valence-corrected chi connectivity index (χ1v) is 6.40. The van der Waals surface area contributed by atoms with Gasteiger partial charge in [-0.15, -0.1) is 0 Å². The van der Waals surface area contributed by atoms with Crippen LogP contribution in [0.25, 0.3) is 10.8 Å². The van der Waals surface area contributed by atoms with Crippen molar-refractivity contribution in [3.8, 4) is 0 Å². The highest BCUT2D eigenvalue weighted by atomic mass is 32.2. The number of aromatic nitrogens is 4. The van der Waals surface area contributed by atoms with Crippen molar-refractivity contribution in [1.82, 2.24) is 20.2 Å². The highest BCUT2D eigenvalue weighted by Crippen LogP contribution is 2.23. The van der Waals surface area contributed by atoms with E-state index in [4.69, 9.17) is 0 Å². The molecule has 0 fully saturated rings. The molecule has 3 aromatic rings. The standard InChI is InChI=1S/C12H8N4OS/c17-18(12-13-6-3-7-14-12)11-10-5-2-1-4-9(10)8-15-16-11/h1-8H. The van der Waals surface area contributed by atoms with Gasteiger partial charge in [-0.1, -0.05) is 23.3 Å². The zero-order chi connectivity index (χ0) is 12.4. The fourth-order valence-corrected chi connectivity index (χ4v) is 2.60.